The number of esters is 1. The molecule has 0 aromatic heterocycles. The second-order valence-corrected chi connectivity index (χ2v) is 21.3. The summed E-state index contributed by atoms with van der Waals surface area (Å²) in [5.74, 6) is -4.81. The monoisotopic (exact) mass is 864 g/mol. The standard InChI is InChI=1S/C37H52O17S3/c1-19(2)14-29(38)52-32-31(54-57(47,48)49)30(53-56(44,45)46)27(18-55(42,43)24-9-6-20(3)7-10-24)51-35(32)50-23-15-25(34(40)41)26-12-13-37-16-22(21(4)33(37)39)8-11-28(37)36(26,5)17-23/h6-7,9-10,19,22-23,25-28,30-33,35,39H,4,8,11-18H2,1-3,5H3,(H,40,41)(H,44,45,46)(H,47,48,49)/t22?,23?,25?,26?,27-,28?,30-,31?,32?,33+,35?,36?,37?/m1/s1. The van der Waals surface area contributed by atoms with Gasteiger partial charge in [-0.3, -0.25) is 18.7 Å². The highest BCUT2D eigenvalue weighted by atomic mass is 32.3. The quantitative estimate of drug-likeness (QED) is 0.0957. The van der Waals surface area contributed by atoms with Gasteiger partial charge in [0.1, 0.15) is 12.2 Å². The first-order valence-electron chi connectivity index (χ1n) is 19.0. The fourth-order valence-corrected chi connectivity index (χ4v) is 13.3. The Hall–Kier alpha value is -2.53. The zero-order valence-corrected chi connectivity index (χ0v) is 34.6. The number of carbonyl (C=O) groups excluding carboxylic acids is 1. The maximum atomic E-state index is 13.8. The molecule has 1 aromatic rings. The van der Waals surface area contributed by atoms with Gasteiger partial charge >= 0.3 is 32.7 Å². The molecule has 1 heterocycles. The first-order chi connectivity index (χ1) is 26.3. The van der Waals surface area contributed by atoms with Crippen LogP contribution in [0.3, 0.4) is 0 Å². The van der Waals surface area contributed by atoms with E-state index in [1.165, 1.54) is 24.3 Å². The Morgan fingerprint density at radius 3 is 2.18 bits per heavy atom. The van der Waals surface area contributed by atoms with Gasteiger partial charge in [-0.15, -0.1) is 0 Å². The first kappa shape index (κ1) is 44.0. The lowest BCUT2D eigenvalue weighted by Gasteiger charge is -2.62. The van der Waals surface area contributed by atoms with Gasteiger partial charge in [-0.25, -0.2) is 16.8 Å². The number of carboxylic acid groups (broad SMARTS) is 1. The van der Waals surface area contributed by atoms with Crippen molar-refractivity contribution in [1.29, 1.82) is 0 Å². The smallest absolute Gasteiger partial charge is 0.397 e. The molecule has 5 aliphatic rings. The van der Waals surface area contributed by atoms with E-state index < -0.39 is 108 Å². The third kappa shape index (κ3) is 9.00. The van der Waals surface area contributed by atoms with E-state index in [2.05, 4.69) is 6.58 Å². The first-order valence-corrected chi connectivity index (χ1v) is 23.4. The molecule has 0 amide bonds. The van der Waals surface area contributed by atoms with Crippen LogP contribution < -0.4 is 0 Å². The molecule has 4 aliphatic carbocycles. The van der Waals surface area contributed by atoms with E-state index >= 15 is 0 Å². The summed E-state index contributed by atoms with van der Waals surface area (Å²) in [4.78, 5) is 26.0. The summed E-state index contributed by atoms with van der Waals surface area (Å²) < 4.78 is 124. The Morgan fingerprint density at radius 1 is 0.947 bits per heavy atom. The van der Waals surface area contributed by atoms with Crippen LogP contribution in [0.25, 0.3) is 0 Å². The van der Waals surface area contributed by atoms with Gasteiger partial charge in [0.25, 0.3) is 0 Å². The number of carbonyl (C=O) groups is 2. The van der Waals surface area contributed by atoms with E-state index in [0.29, 0.717) is 31.2 Å². The molecule has 1 spiro atoms. The number of aliphatic carboxylic acids is 1. The Labute approximate surface area is 333 Å². The summed E-state index contributed by atoms with van der Waals surface area (Å²) >= 11 is 0. The number of aryl methyl sites for hydroxylation is 1. The van der Waals surface area contributed by atoms with Gasteiger partial charge in [0.05, 0.1) is 28.8 Å². The lowest BCUT2D eigenvalue weighted by Crippen LogP contribution is -2.64. The predicted octanol–water partition coefficient (Wildman–Crippen LogP) is 3.46. The third-order valence-electron chi connectivity index (χ3n) is 13.1. The average Bonchev–Trinajstić information content (AvgIpc) is 3.25. The molecule has 17 nitrogen and oxygen atoms in total. The van der Waals surface area contributed by atoms with Crippen molar-refractivity contribution in [2.24, 2.45) is 40.4 Å². The SMILES string of the molecule is C=C1C2CCC3C4(C)CC(OC5O[C@H](CS(=O)(=O)c6ccc(C)cc6)[C@@H](OS(=O)(=O)O)C(OS(=O)(=O)O)C5OC(=O)CC(C)C)CC(C(=O)O)C4CCC3(C2)[C@H]1O. The fraction of sp³-hybridized carbons (Fsp3) is 0.730. The van der Waals surface area contributed by atoms with E-state index in [1.807, 2.05) is 6.92 Å². The number of fused-ring (bicyclic) bond motifs is 3. The van der Waals surface area contributed by atoms with Crippen LogP contribution in [0.15, 0.2) is 41.3 Å². The van der Waals surface area contributed by atoms with Crippen molar-refractivity contribution in [1.82, 2.24) is 0 Å². The average molecular weight is 865 g/mol. The molecule has 57 heavy (non-hydrogen) atoms. The lowest BCUT2D eigenvalue weighted by atomic mass is 9.43. The highest BCUT2D eigenvalue weighted by molar-refractivity contribution is 7.91. The number of benzene rings is 1. The summed E-state index contributed by atoms with van der Waals surface area (Å²) in [5, 5.41) is 22.2. The Balaban J connectivity index is 1.42. The highest BCUT2D eigenvalue weighted by Crippen LogP contribution is 2.70. The van der Waals surface area contributed by atoms with Gasteiger partial charge in [0, 0.05) is 11.8 Å². The molecule has 6 rings (SSSR count). The van der Waals surface area contributed by atoms with Crippen LogP contribution in [0.2, 0.25) is 0 Å². The van der Waals surface area contributed by atoms with Gasteiger partial charge in [0.2, 0.25) is 0 Å². The summed E-state index contributed by atoms with van der Waals surface area (Å²) in [6.07, 6.45) is -9.55. The molecule has 4 saturated carbocycles. The number of ether oxygens (including phenoxy) is 3. The molecule has 1 saturated heterocycles. The van der Waals surface area contributed by atoms with Gasteiger partial charge < -0.3 is 24.4 Å². The van der Waals surface area contributed by atoms with E-state index in [1.54, 1.807) is 20.8 Å². The van der Waals surface area contributed by atoms with Gasteiger partial charge in [-0.1, -0.05) is 45.0 Å². The van der Waals surface area contributed by atoms with Crippen molar-refractivity contribution >= 4 is 42.6 Å². The summed E-state index contributed by atoms with van der Waals surface area (Å²) in [6.45, 7) is 11.2. The Bertz CT molecular complexity index is 2050. The van der Waals surface area contributed by atoms with E-state index in [4.69, 9.17) is 22.6 Å². The highest BCUT2D eigenvalue weighted by Gasteiger charge is 2.67. The molecule has 20 heteroatoms. The van der Waals surface area contributed by atoms with Crippen molar-refractivity contribution in [3.05, 3.63) is 42.0 Å². The molecule has 0 radical (unpaired) electrons. The van der Waals surface area contributed by atoms with Crippen LogP contribution in [-0.2, 0) is 62.8 Å². The molecule has 1 aliphatic heterocycles. The molecule has 320 valence electrons. The van der Waals surface area contributed by atoms with E-state index in [9.17, 15) is 54.2 Å². The Kier molecular flexibility index (Phi) is 12.2. The van der Waals surface area contributed by atoms with Crippen LogP contribution in [-0.4, -0.2) is 105 Å². The summed E-state index contributed by atoms with van der Waals surface area (Å²) in [6, 6.07) is 5.54. The topological polar surface area (TPSA) is 264 Å². The fourth-order valence-electron chi connectivity index (χ4n) is 10.9. The minimum absolute atomic E-state index is 0.0964. The molecular formula is C37H52O17S3. The van der Waals surface area contributed by atoms with Crippen molar-refractivity contribution < 1.29 is 76.7 Å². The summed E-state index contributed by atoms with van der Waals surface area (Å²) in [7, 11) is -15.6. The predicted molar refractivity (Wildman–Crippen MR) is 199 cm³/mol. The van der Waals surface area contributed by atoms with Gasteiger partial charge in [0.15, 0.2) is 28.3 Å². The number of hydrogen-bond acceptors (Lipinski definition) is 14. The van der Waals surface area contributed by atoms with Crippen LogP contribution in [0, 0.1) is 47.3 Å². The number of hydrogen-bond donors (Lipinski definition) is 4. The third-order valence-corrected chi connectivity index (χ3v) is 15.8. The maximum absolute atomic E-state index is 13.8. The number of sulfone groups is 1. The number of carboxylic acids is 1. The van der Waals surface area contributed by atoms with Crippen molar-refractivity contribution in [2.75, 3.05) is 5.75 Å². The van der Waals surface area contributed by atoms with Crippen LogP contribution in [0.4, 0.5) is 0 Å². The zero-order chi connectivity index (χ0) is 42.0. The van der Waals surface area contributed by atoms with E-state index in [0.717, 1.165) is 12.0 Å². The molecule has 1 aromatic carbocycles. The van der Waals surface area contributed by atoms with Gasteiger partial charge in [-0.05, 0) is 98.7 Å². The van der Waals surface area contributed by atoms with Crippen LogP contribution in [0.5, 0.6) is 0 Å². The molecule has 13 atom stereocenters. The number of aliphatic hydroxyl groups is 1. The Morgan fingerprint density at radius 2 is 1.58 bits per heavy atom. The molecule has 2 bridgehead atoms. The van der Waals surface area contributed by atoms with Crippen LogP contribution >= 0.6 is 0 Å². The second-order valence-electron chi connectivity index (χ2n) is 17.2. The van der Waals surface area contributed by atoms with Crippen molar-refractivity contribution in [3.8, 4) is 0 Å². The number of aliphatic hydroxyl groups excluding tert-OH is 1. The molecule has 4 N–H and O–H groups in total. The molecular weight excluding hydrogens is 813 g/mol. The molecule has 10 unspecified atom stereocenters. The van der Waals surface area contributed by atoms with Gasteiger partial charge in [-0.2, -0.15) is 16.8 Å². The lowest BCUT2D eigenvalue weighted by molar-refractivity contribution is -0.309. The van der Waals surface area contributed by atoms with Crippen molar-refractivity contribution in [3.63, 3.8) is 0 Å². The van der Waals surface area contributed by atoms with Crippen molar-refractivity contribution in [2.45, 2.75) is 127 Å². The second kappa shape index (κ2) is 15.8. The van der Waals surface area contributed by atoms with Crippen LogP contribution in [0.1, 0.15) is 77.7 Å². The largest absolute Gasteiger partial charge is 0.481 e. The number of rotatable bonds is 13. The zero-order valence-electron chi connectivity index (χ0n) is 32.1. The molecule has 5 fully saturated rings. The minimum atomic E-state index is -5.58. The maximum Gasteiger partial charge on any atom is 0.397 e. The van der Waals surface area contributed by atoms with E-state index in [-0.39, 0.29) is 47.8 Å². The normalized spacial score (nSPS) is 38.3. The summed E-state index contributed by atoms with van der Waals surface area (Å²) in [5.41, 5.74) is 0.215. The minimum Gasteiger partial charge on any atom is -0.481 e.